The molecule has 0 unspecified atom stereocenters. The molecule has 2 N–H and O–H groups in total. The summed E-state index contributed by atoms with van der Waals surface area (Å²) in [7, 11) is 0. The Labute approximate surface area is 239 Å². The fourth-order valence-electron chi connectivity index (χ4n) is 3.24. The van der Waals surface area contributed by atoms with Crippen LogP contribution in [0, 0.1) is 5.82 Å². The van der Waals surface area contributed by atoms with Crippen LogP contribution in [0.25, 0.3) is 0 Å². The van der Waals surface area contributed by atoms with Crippen LogP contribution in [0.4, 0.5) is 9.18 Å². The van der Waals surface area contributed by atoms with E-state index in [4.69, 9.17) is 18.9 Å². The summed E-state index contributed by atoms with van der Waals surface area (Å²) in [6, 6.07) is 0. The molecule has 0 aliphatic carbocycles. The van der Waals surface area contributed by atoms with Gasteiger partial charge < -0.3 is 24.3 Å². The maximum absolute atomic E-state index is 13.9. The van der Waals surface area contributed by atoms with Gasteiger partial charge >= 0.3 is 17.8 Å². The third-order valence-electron chi connectivity index (χ3n) is 4.85. The number of aromatic nitrogens is 2. The number of ether oxygens (including phenoxy) is 4. The highest BCUT2D eigenvalue weighted by atomic mass is 79.9. The van der Waals surface area contributed by atoms with Gasteiger partial charge in [0.2, 0.25) is 5.82 Å². The molecule has 1 aliphatic heterocycles. The number of halogens is 4. The number of carbonyl (C=O) groups excluding carboxylic acids is 2. The number of alkyl carbamates (subject to hydrolysis) is 1. The van der Waals surface area contributed by atoms with Gasteiger partial charge in [-0.2, -0.15) is 4.39 Å². The topological polar surface area (TPSA) is 138 Å². The van der Waals surface area contributed by atoms with Gasteiger partial charge in [-0.3, -0.25) is 19.1 Å². The lowest BCUT2D eigenvalue weighted by atomic mass is 10.2. The number of aromatic amines is 1. The van der Waals surface area contributed by atoms with Crippen molar-refractivity contribution in [3.05, 3.63) is 50.5 Å². The molecule has 1 fully saturated rings. The number of nitrogens with zero attached hydrogens (tertiary/aromatic N) is 1. The summed E-state index contributed by atoms with van der Waals surface area (Å²) in [6.07, 6.45) is -2.40. The van der Waals surface area contributed by atoms with E-state index in [9.17, 15) is 23.6 Å². The Morgan fingerprint density at radius 1 is 1.27 bits per heavy atom. The molecule has 0 radical (unpaired) electrons. The highest BCUT2D eigenvalue weighted by molar-refractivity contribution is 9.14. The maximum atomic E-state index is 13.9. The van der Waals surface area contributed by atoms with Crippen LogP contribution in [0.2, 0.25) is 0 Å². The minimum atomic E-state index is -1.15. The van der Waals surface area contributed by atoms with Crippen molar-refractivity contribution < 1.29 is 32.9 Å². The normalized spacial score (nSPS) is 19.6. The molecule has 0 aromatic carbocycles. The molecule has 0 saturated carbocycles. The standard InChI is InChI=1S/C21H23Br3FN3O8S/c1-21(2,3)36-20(32)26-5-14(29)34-7-11-10(33-8-12-15(22)16(23)17(24)37-12)4-13(35-11)28-6-9(25)18(30)27-19(28)31/h6,10-11,13H,4-5,7-8H2,1-3H3,(H,26,32)(H,27,30,31)/t10-,11+,13+/m0/s1. The van der Waals surface area contributed by atoms with Crippen molar-refractivity contribution in [2.45, 2.75) is 57.8 Å². The molecule has 3 heterocycles. The predicted octanol–water partition coefficient (Wildman–Crippen LogP) is 3.97. The second kappa shape index (κ2) is 12.5. The molecule has 0 bridgehead atoms. The van der Waals surface area contributed by atoms with Crippen molar-refractivity contribution in [1.82, 2.24) is 14.9 Å². The monoisotopic (exact) mass is 733 g/mol. The Bertz CT molecular complexity index is 1280. The van der Waals surface area contributed by atoms with Crippen LogP contribution in [-0.4, -0.2) is 52.6 Å². The number of hydrogen-bond acceptors (Lipinski definition) is 9. The summed E-state index contributed by atoms with van der Waals surface area (Å²) < 4.78 is 39.4. The van der Waals surface area contributed by atoms with E-state index < -0.39 is 59.7 Å². The molecule has 204 valence electrons. The number of thiophene rings is 1. The SMILES string of the molecule is CC(C)(C)OC(=O)NCC(=O)OC[C@H]1O[C@@H](n2cc(F)c(=O)[nH]c2=O)C[C@@H]1OCc1sc(Br)c(Br)c1Br. The number of amides is 1. The van der Waals surface area contributed by atoms with E-state index >= 15 is 0 Å². The molecule has 3 rings (SSSR count). The van der Waals surface area contributed by atoms with Crippen molar-refractivity contribution in [2.24, 2.45) is 0 Å². The van der Waals surface area contributed by atoms with Gasteiger partial charge in [0.1, 0.15) is 31.1 Å². The first-order chi connectivity index (χ1) is 17.2. The van der Waals surface area contributed by atoms with Gasteiger partial charge in [-0.15, -0.1) is 11.3 Å². The Morgan fingerprint density at radius 3 is 2.59 bits per heavy atom. The first kappa shape index (κ1) is 30.0. The van der Waals surface area contributed by atoms with Gasteiger partial charge in [-0.1, -0.05) is 0 Å². The number of nitrogens with one attached hydrogen (secondary N) is 2. The van der Waals surface area contributed by atoms with E-state index in [-0.39, 0.29) is 19.6 Å². The quantitative estimate of drug-likeness (QED) is 0.389. The van der Waals surface area contributed by atoms with Crippen LogP contribution < -0.4 is 16.6 Å². The van der Waals surface area contributed by atoms with Crippen molar-refractivity contribution >= 4 is 71.2 Å². The molecule has 11 nitrogen and oxygen atoms in total. The van der Waals surface area contributed by atoms with Crippen LogP contribution in [0.1, 0.15) is 38.3 Å². The number of carbonyl (C=O) groups is 2. The predicted molar refractivity (Wildman–Crippen MR) is 141 cm³/mol. The number of rotatable bonds is 8. The van der Waals surface area contributed by atoms with Gasteiger partial charge in [0.15, 0.2) is 0 Å². The van der Waals surface area contributed by atoms with E-state index in [0.29, 0.717) is 0 Å². The highest BCUT2D eigenvalue weighted by Crippen LogP contribution is 2.42. The minimum absolute atomic E-state index is 0.106. The van der Waals surface area contributed by atoms with Crippen LogP contribution in [0.5, 0.6) is 0 Å². The zero-order chi connectivity index (χ0) is 27.5. The zero-order valence-electron chi connectivity index (χ0n) is 19.8. The van der Waals surface area contributed by atoms with E-state index in [2.05, 4.69) is 53.1 Å². The fourth-order valence-corrected chi connectivity index (χ4v) is 6.32. The largest absolute Gasteiger partial charge is 0.461 e. The van der Waals surface area contributed by atoms with E-state index in [1.54, 1.807) is 20.8 Å². The van der Waals surface area contributed by atoms with Crippen molar-refractivity contribution in [3.63, 3.8) is 0 Å². The van der Waals surface area contributed by atoms with Gasteiger partial charge in [-0.05, 0) is 68.6 Å². The summed E-state index contributed by atoms with van der Waals surface area (Å²) in [5, 5.41) is 2.30. The summed E-state index contributed by atoms with van der Waals surface area (Å²) in [5.41, 5.74) is -2.73. The molecule has 37 heavy (non-hydrogen) atoms. The fraction of sp³-hybridized carbons (Fsp3) is 0.524. The lowest BCUT2D eigenvalue weighted by Crippen LogP contribution is -2.37. The molecule has 1 saturated heterocycles. The summed E-state index contributed by atoms with van der Waals surface area (Å²) >= 11 is 11.8. The number of H-pyrrole nitrogens is 1. The van der Waals surface area contributed by atoms with E-state index in [0.717, 1.165) is 28.4 Å². The Balaban J connectivity index is 1.68. The van der Waals surface area contributed by atoms with Gasteiger partial charge in [0.05, 0.1) is 27.2 Å². The first-order valence-corrected chi connectivity index (χ1v) is 14.0. The van der Waals surface area contributed by atoms with Crippen LogP contribution >= 0.6 is 59.1 Å². The molecule has 1 amide bonds. The van der Waals surface area contributed by atoms with Crippen molar-refractivity contribution in [2.75, 3.05) is 13.2 Å². The van der Waals surface area contributed by atoms with Crippen LogP contribution in [0.15, 0.2) is 28.5 Å². The molecule has 3 atom stereocenters. The zero-order valence-corrected chi connectivity index (χ0v) is 25.3. The van der Waals surface area contributed by atoms with Gasteiger partial charge in [-0.25, -0.2) is 9.59 Å². The Morgan fingerprint density at radius 2 is 1.97 bits per heavy atom. The first-order valence-electron chi connectivity index (χ1n) is 10.8. The minimum Gasteiger partial charge on any atom is -0.461 e. The Kier molecular flexibility index (Phi) is 10.1. The molecular weight excluding hydrogens is 713 g/mol. The third-order valence-corrected chi connectivity index (χ3v) is 9.94. The van der Waals surface area contributed by atoms with Crippen LogP contribution in [-0.2, 0) is 30.3 Å². The molecular formula is C21H23Br3FN3O8S. The van der Waals surface area contributed by atoms with Gasteiger partial charge in [0, 0.05) is 15.8 Å². The molecule has 16 heteroatoms. The lowest BCUT2D eigenvalue weighted by Gasteiger charge is -2.20. The number of hydrogen-bond donors (Lipinski definition) is 2. The average molecular weight is 736 g/mol. The molecule has 0 spiro atoms. The highest BCUT2D eigenvalue weighted by Gasteiger charge is 2.39. The Hall–Kier alpha value is -1.59. The van der Waals surface area contributed by atoms with Crippen LogP contribution in [0.3, 0.4) is 0 Å². The van der Waals surface area contributed by atoms with E-state index in [1.807, 2.05) is 4.98 Å². The van der Waals surface area contributed by atoms with E-state index in [1.165, 1.54) is 11.3 Å². The van der Waals surface area contributed by atoms with Gasteiger partial charge in [0.25, 0.3) is 5.56 Å². The lowest BCUT2D eigenvalue weighted by molar-refractivity contribution is -0.150. The maximum Gasteiger partial charge on any atom is 0.408 e. The van der Waals surface area contributed by atoms with Crippen molar-refractivity contribution in [3.8, 4) is 0 Å². The summed E-state index contributed by atoms with van der Waals surface area (Å²) in [5.74, 6) is -1.90. The second-order valence-electron chi connectivity index (χ2n) is 8.82. The van der Waals surface area contributed by atoms with Crippen molar-refractivity contribution in [1.29, 1.82) is 0 Å². The summed E-state index contributed by atoms with van der Waals surface area (Å²) in [6.45, 7) is 4.51. The second-order valence-corrected chi connectivity index (χ2v) is 12.8. The molecule has 1 aliphatic rings. The molecule has 2 aromatic rings. The average Bonchev–Trinajstić information content (AvgIpc) is 3.31. The smallest absolute Gasteiger partial charge is 0.408 e. The summed E-state index contributed by atoms with van der Waals surface area (Å²) in [4.78, 5) is 50.3. The molecule has 2 aromatic heterocycles. The number of esters is 1. The third kappa shape index (κ3) is 8.20.